The molecule has 0 aliphatic heterocycles. The molecular weight excluding hydrogens is 232 g/mol. The summed E-state index contributed by atoms with van der Waals surface area (Å²) < 4.78 is 0. The van der Waals surface area contributed by atoms with Gasteiger partial charge in [0.2, 0.25) is 0 Å². The van der Waals surface area contributed by atoms with Gasteiger partial charge in [0.25, 0.3) is 0 Å². The molecule has 0 unspecified atom stereocenters. The summed E-state index contributed by atoms with van der Waals surface area (Å²) in [6, 6.07) is 10.6. The first-order chi connectivity index (χ1) is 9.19. The van der Waals surface area contributed by atoms with E-state index < -0.39 is 0 Å². The number of benzene rings is 2. The van der Waals surface area contributed by atoms with Crippen molar-refractivity contribution >= 4 is 16.6 Å². The Hall–Kier alpha value is -1.63. The first kappa shape index (κ1) is 13.8. The Labute approximate surface area is 115 Å². The van der Waals surface area contributed by atoms with Crippen LogP contribution >= 0.6 is 0 Å². The normalized spacial score (nSPS) is 10.9. The number of rotatable bonds is 5. The lowest BCUT2D eigenvalue weighted by Crippen LogP contribution is -2.03. The van der Waals surface area contributed by atoms with Gasteiger partial charge in [-0.3, -0.25) is 4.79 Å². The number of hydrogen-bond acceptors (Lipinski definition) is 1. The van der Waals surface area contributed by atoms with Crippen molar-refractivity contribution in [3.8, 4) is 0 Å². The van der Waals surface area contributed by atoms with Gasteiger partial charge >= 0.3 is 0 Å². The largest absolute Gasteiger partial charge is 0.295 e. The van der Waals surface area contributed by atoms with E-state index in [9.17, 15) is 4.79 Å². The summed E-state index contributed by atoms with van der Waals surface area (Å²) in [5.41, 5.74) is 3.46. The Morgan fingerprint density at radius 2 is 1.63 bits per heavy atom. The van der Waals surface area contributed by atoms with Crippen LogP contribution in [0.2, 0.25) is 0 Å². The van der Waals surface area contributed by atoms with Gasteiger partial charge in [-0.1, -0.05) is 51.0 Å². The average molecular weight is 254 g/mol. The molecule has 0 fully saturated rings. The van der Waals surface area contributed by atoms with Crippen molar-refractivity contribution in [1.82, 2.24) is 0 Å². The molecule has 2 aromatic rings. The van der Waals surface area contributed by atoms with Crippen molar-refractivity contribution in [3.05, 3.63) is 47.0 Å². The van der Waals surface area contributed by atoms with E-state index in [0.29, 0.717) is 0 Å². The molecule has 0 saturated carbocycles. The molecule has 2 rings (SSSR count). The van der Waals surface area contributed by atoms with Crippen LogP contribution in [-0.2, 0) is 12.8 Å². The Morgan fingerprint density at radius 3 is 2.21 bits per heavy atom. The van der Waals surface area contributed by atoms with E-state index in [0.717, 1.165) is 31.2 Å². The molecule has 2 aromatic carbocycles. The summed E-state index contributed by atoms with van der Waals surface area (Å²) in [5.74, 6) is 0.187. The number of carbonyl (C=O) groups is 1. The number of fused-ring (bicyclic) bond motifs is 1. The topological polar surface area (TPSA) is 17.1 Å². The van der Waals surface area contributed by atoms with E-state index in [1.54, 1.807) is 6.92 Å². The molecule has 19 heavy (non-hydrogen) atoms. The lowest BCUT2D eigenvalue weighted by molar-refractivity contribution is 0.101. The van der Waals surface area contributed by atoms with Gasteiger partial charge in [-0.05, 0) is 47.7 Å². The van der Waals surface area contributed by atoms with Gasteiger partial charge < -0.3 is 0 Å². The highest BCUT2D eigenvalue weighted by atomic mass is 16.1. The molecule has 0 amide bonds. The van der Waals surface area contributed by atoms with E-state index in [-0.39, 0.29) is 5.78 Å². The van der Waals surface area contributed by atoms with E-state index in [1.807, 2.05) is 0 Å². The molecular formula is C18H22O. The SMILES string of the molecule is CCCc1cc(C(C)=O)c(CCC)c2ccccc12. The zero-order chi connectivity index (χ0) is 13.8. The highest BCUT2D eigenvalue weighted by molar-refractivity contribution is 6.02. The van der Waals surface area contributed by atoms with Crippen molar-refractivity contribution in [2.75, 3.05) is 0 Å². The Morgan fingerprint density at radius 1 is 1.00 bits per heavy atom. The monoisotopic (exact) mass is 254 g/mol. The second-order valence-electron chi connectivity index (χ2n) is 5.16. The molecule has 0 aliphatic rings. The average Bonchev–Trinajstić information content (AvgIpc) is 2.41. The summed E-state index contributed by atoms with van der Waals surface area (Å²) in [6.07, 6.45) is 4.18. The Balaban J connectivity index is 2.77. The molecule has 0 N–H and O–H groups in total. The molecule has 0 saturated heterocycles. The van der Waals surface area contributed by atoms with Crippen LogP contribution in [-0.4, -0.2) is 5.78 Å². The third-order valence-corrected chi connectivity index (χ3v) is 3.64. The van der Waals surface area contributed by atoms with Crippen LogP contribution in [0.3, 0.4) is 0 Å². The maximum Gasteiger partial charge on any atom is 0.160 e. The second kappa shape index (κ2) is 6.01. The molecule has 1 heteroatoms. The van der Waals surface area contributed by atoms with Crippen molar-refractivity contribution in [2.45, 2.75) is 46.5 Å². The maximum atomic E-state index is 11.9. The summed E-state index contributed by atoms with van der Waals surface area (Å²) >= 11 is 0. The van der Waals surface area contributed by atoms with Crippen LogP contribution in [0.15, 0.2) is 30.3 Å². The van der Waals surface area contributed by atoms with Gasteiger partial charge in [0.15, 0.2) is 5.78 Å². The predicted molar refractivity (Wildman–Crippen MR) is 81.9 cm³/mol. The zero-order valence-electron chi connectivity index (χ0n) is 12.1. The molecule has 0 atom stereocenters. The first-order valence-corrected chi connectivity index (χ1v) is 7.23. The van der Waals surface area contributed by atoms with E-state index in [2.05, 4.69) is 44.2 Å². The predicted octanol–water partition coefficient (Wildman–Crippen LogP) is 4.95. The quantitative estimate of drug-likeness (QED) is 0.690. The van der Waals surface area contributed by atoms with Crippen molar-refractivity contribution < 1.29 is 4.79 Å². The second-order valence-corrected chi connectivity index (χ2v) is 5.16. The minimum Gasteiger partial charge on any atom is -0.295 e. The molecule has 0 aliphatic carbocycles. The lowest BCUT2D eigenvalue weighted by Gasteiger charge is -2.14. The van der Waals surface area contributed by atoms with Gasteiger partial charge in [0, 0.05) is 5.56 Å². The van der Waals surface area contributed by atoms with E-state index in [4.69, 9.17) is 0 Å². The van der Waals surface area contributed by atoms with Crippen LogP contribution in [0.5, 0.6) is 0 Å². The van der Waals surface area contributed by atoms with Crippen molar-refractivity contribution in [3.63, 3.8) is 0 Å². The molecule has 0 radical (unpaired) electrons. The molecule has 0 bridgehead atoms. The molecule has 0 spiro atoms. The standard InChI is InChI=1S/C18H22O/c1-4-8-14-12-18(13(3)19)16(9-5-2)17-11-7-6-10-15(14)17/h6-7,10-12H,4-5,8-9H2,1-3H3. The zero-order valence-corrected chi connectivity index (χ0v) is 12.1. The van der Waals surface area contributed by atoms with E-state index in [1.165, 1.54) is 21.9 Å². The van der Waals surface area contributed by atoms with Crippen LogP contribution in [0.4, 0.5) is 0 Å². The number of Topliss-reactive ketones (excluding diaryl/α,β-unsaturated/α-hetero) is 1. The third kappa shape index (κ3) is 2.70. The van der Waals surface area contributed by atoms with Crippen LogP contribution < -0.4 is 0 Å². The van der Waals surface area contributed by atoms with Gasteiger partial charge in [-0.15, -0.1) is 0 Å². The van der Waals surface area contributed by atoms with Crippen molar-refractivity contribution in [2.24, 2.45) is 0 Å². The van der Waals surface area contributed by atoms with Gasteiger partial charge in [0.05, 0.1) is 0 Å². The molecule has 0 heterocycles. The van der Waals surface area contributed by atoms with Gasteiger partial charge in [0.1, 0.15) is 0 Å². The van der Waals surface area contributed by atoms with E-state index >= 15 is 0 Å². The highest BCUT2D eigenvalue weighted by Crippen LogP contribution is 2.28. The van der Waals surface area contributed by atoms with Gasteiger partial charge in [-0.25, -0.2) is 0 Å². The summed E-state index contributed by atoms with van der Waals surface area (Å²) in [7, 11) is 0. The molecule has 100 valence electrons. The fourth-order valence-electron chi connectivity index (χ4n) is 2.82. The summed E-state index contributed by atoms with van der Waals surface area (Å²) in [6.45, 7) is 6.03. The number of carbonyl (C=O) groups excluding carboxylic acids is 1. The van der Waals surface area contributed by atoms with Crippen LogP contribution in [0.25, 0.3) is 10.8 Å². The smallest absolute Gasteiger partial charge is 0.160 e. The number of hydrogen-bond donors (Lipinski definition) is 0. The molecule has 0 aromatic heterocycles. The molecule has 1 nitrogen and oxygen atoms in total. The Bertz CT molecular complexity index is 596. The minimum atomic E-state index is 0.187. The number of aryl methyl sites for hydroxylation is 2. The summed E-state index contributed by atoms with van der Waals surface area (Å²) in [4.78, 5) is 11.9. The van der Waals surface area contributed by atoms with Gasteiger partial charge in [-0.2, -0.15) is 0 Å². The fraction of sp³-hybridized carbons (Fsp3) is 0.389. The minimum absolute atomic E-state index is 0.187. The van der Waals surface area contributed by atoms with Crippen LogP contribution in [0.1, 0.15) is 55.1 Å². The fourth-order valence-corrected chi connectivity index (χ4v) is 2.82. The third-order valence-electron chi connectivity index (χ3n) is 3.64. The van der Waals surface area contributed by atoms with Crippen LogP contribution in [0, 0.1) is 0 Å². The van der Waals surface area contributed by atoms with Crippen molar-refractivity contribution in [1.29, 1.82) is 0 Å². The maximum absolute atomic E-state index is 11.9. The highest BCUT2D eigenvalue weighted by Gasteiger charge is 2.13. The number of ketones is 1. The summed E-state index contributed by atoms with van der Waals surface area (Å²) in [5, 5.41) is 2.58. The first-order valence-electron chi connectivity index (χ1n) is 7.23. The Kier molecular flexibility index (Phi) is 4.36. The lowest BCUT2D eigenvalue weighted by atomic mass is 9.89.